The number of carbonyl (C=O) groups excluding carboxylic acids is 1. The summed E-state index contributed by atoms with van der Waals surface area (Å²) in [5.74, 6) is 0.438. The molecule has 1 amide bonds. The molecule has 0 spiro atoms. The average molecular weight is 431 g/mol. The second-order valence-corrected chi connectivity index (χ2v) is 9.60. The van der Waals surface area contributed by atoms with Crippen molar-refractivity contribution in [3.63, 3.8) is 0 Å². The lowest BCUT2D eigenvalue weighted by atomic mass is 10.0. The van der Waals surface area contributed by atoms with Crippen LogP contribution in [0, 0.1) is 0 Å². The molecule has 1 heterocycles. The van der Waals surface area contributed by atoms with Crippen molar-refractivity contribution in [3.05, 3.63) is 59.7 Å². The first kappa shape index (κ1) is 22.3. The molecule has 1 aliphatic rings. The summed E-state index contributed by atoms with van der Waals surface area (Å²) < 4.78 is 30.8. The molecule has 1 aliphatic heterocycles. The van der Waals surface area contributed by atoms with Crippen molar-refractivity contribution in [2.45, 2.75) is 37.1 Å². The third-order valence-corrected chi connectivity index (χ3v) is 7.45. The van der Waals surface area contributed by atoms with Crippen molar-refractivity contribution in [1.82, 2.24) is 10.2 Å². The lowest BCUT2D eigenvalue weighted by Crippen LogP contribution is -2.37. The van der Waals surface area contributed by atoms with Crippen LogP contribution in [0.4, 0.5) is 0 Å². The molecule has 1 saturated heterocycles. The van der Waals surface area contributed by atoms with E-state index in [1.807, 2.05) is 31.2 Å². The molecular weight excluding hydrogens is 400 g/mol. The second-order valence-electron chi connectivity index (χ2n) is 7.53. The molecular formula is C23H30N2O4S. The molecule has 0 aromatic heterocycles. The lowest BCUT2D eigenvalue weighted by Gasteiger charge is -2.29. The fourth-order valence-corrected chi connectivity index (χ4v) is 5.56. The zero-order valence-electron chi connectivity index (χ0n) is 17.6. The number of amides is 1. The molecule has 2 aromatic carbocycles. The largest absolute Gasteiger partial charge is 0.496 e. The number of carbonyl (C=O) groups is 1. The molecule has 0 bridgehead atoms. The van der Waals surface area contributed by atoms with Gasteiger partial charge in [-0.15, -0.1) is 0 Å². The molecule has 0 radical (unpaired) electrons. The van der Waals surface area contributed by atoms with Crippen LogP contribution in [0.15, 0.2) is 53.4 Å². The summed E-state index contributed by atoms with van der Waals surface area (Å²) in [6.45, 7) is 4.11. The van der Waals surface area contributed by atoms with Crippen molar-refractivity contribution in [2.75, 3.05) is 32.5 Å². The van der Waals surface area contributed by atoms with E-state index >= 15 is 0 Å². The van der Waals surface area contributed by atoms with E-state index < -0.39 is 9.84 Å². The molecule has 7 heteroatoms. The molecule has 2 aromatic rings. The first-order chi connectivity index (χ1) is 14.5. The number of para-hydroxylation sites is 1. The van der Waals surface area contributed by atoms with Gasteiger partial charge in [-0.3, -0.25) is 9.69 Å². The number of benzene rings is 2. The summed E-state index contributed by atoms with van der Waals surface area (Å²) in [5.41, 5.74) is 1.22. The second kappa shape index (κ2) is 10.1. The minimum absolute atomic E-state index is 0.0227. The monoisotopic (exact) mass is 430 g/mol. The van der Waals surface area contributed by atoms with Gasteiger partial charge in [-0.2, -0.15) is 0 Å². The van der Waals surface area contributed by atoms with E-state index in [-0.39, 0.29) is 28.2 Å². The molecule has 1 unspecified atom stereocenters. The maximum atomic E-state index is 13.0. The van der Waals surface area contributed by atoms with E-state index in [1.165, 1.54) is 6.07 Å². The number of nitrogens with zero attached hydrogens (tertiary/aromatic N) is 1. The summed E-state index contributed by atoms with van der Waals surface area (Å²) in [4.78, 5) is 15.4. The lowest BCUT2D eigenvalue weighted by molar-refractivity contribution is 0.0934. The zero-order chi connectivity index (χ0) is 21.6. The number of methoxy groups -OCH3 is 1. The number of sulfone groups is 1. The Hall–Kier alpha value is -2.38. The van der Waals surface area contributed by atoms with Crippen LogP contribution < -0.4 is 10.1 Å². The van der Waals surface area contributed by atoms with Gasteiger partial charge in [-0.1, -0.05) is 37.3 Å². The fraction of sp³-hybridized carbons (Fsp3) is 0.435. The predicted octanol–water partition coefficient (Wildman–Crippen LogP) is 3.45. The minimum atomic E-state index is -3.49. The number of likely N-dealkylation sites (tertiary alicyclic amines) is 1. The SMILES string of the molecule is CCCS(=O)(=O)c1ccccc1C(=O)NCC(c1ccccc1OC)N1CCCC1. The van der Waals surface area contributed by atoms with Crippen molar-refractivity contribution < 1.29 is 17.9 Å². The van der Waals surface area contributed by atoms with E-state index in [0.29, 0.717) is 13.0 Å². The highest BCUT2D eigenvalue weighted by Crippen LogP contribution is 2.31. The van der Waals surface area contributed by atoms with Gasteiger partial charge >= 0.3 is 0 Å². The van der Waals surface area contributed by atoms with E-state index in [4.69, 9.17) is 4.74 Å². The first-order valence-electron chi connectivity index (χ1n) is 10.4. The molecule has 0 saturated carbocycles. The normalized spacial score (nSPS) is 15.7. The maximum Gasteiger partial charge on any atom is 0.252 e. The highest BCUT2D eigenvalue weighted by Gasteiger charge is 2.27. The van der Waals surface area contributed by atoms with Crippen molar-refractivity contribution in [1.29, 1.82) is 0 Å². The van der Waals surface area contributed by atoms with Crippen molar-refractivity contribution >= 4 is 15.7 Å². The van der Waals surface area contributed by atoms with Crippen LogP contribution in [0.3, 0.4) is 0 Å². The Bertz CT molecular complexity index is 969. The van der Waals surface area contributed by atoms with Crippen LogP contribution in [0.25, 0.3) is 0 Å². The Kier molecular flexibility index (Phi) is 7.50. The van der Waals surface area contributed by atoms with Crippen LogP contribution in [0.5, 0.6) is 5.75 Å². The van der Waals surface area contributed by atoms with Gasteiger partial charge < -0.3 is 10.1 Å². The smallest absolute Gasteiger partial charge is 0.252 e. The predicted molar refractivity (Wildman–Crippen MR) is 118 cm³/mol. The molecule has 6 nitrogen and oxygen atoms in total. The van der Waals surface area contributed by atoms with E-state index in [2.05, 4.69) is 10.2 Å². The first-order valence-corrected chi connectivity index (χ1v) is 12.1. The van der Waals surface area contributed by atoms with Gasteiger partial charge in [-0.05, 0) is 50.6 Å². The molecule has 30 heavy (non-hydrogen) atoms. The van der Waals surface area contributed by atoms with Gasteiger partial charge in [0.05, 0.1) is 29.4 Å². The van der Waals surface area contributed by atoms with Crippen molar-refractivity contribution in [3.8, 4) is 5.75 Å². The van der Waals surface area contributed by atoms with Crippen LogP contribution in [-0.4, -0.2) is 51.7 Å². The van der Waals surface area contributed by atoms with Crippen molar-refractivity contribution in [2.24, 2.45) is 0 Å². The number of hydrogen-bond donors (Lipinski definition) is 1. The minimum Gasteiger partial charge on any atom is -0.496 e. The van der Waals surface area contributed by atoms with E-state index in [1.54, 1.807) is 25.3 Å². The van der Waals surface area contributed by atoms with Gasteiger partial charge in [0.25, 0.3) is 5.91 Å². The summed E-state index contributed by atoms with van der Waals surface area (Å²) >= 11 is 0. The highest BCUT2D eigenvalue weighted by atomic mass is 32.2. The average Bonchev–Trinajstić information content (AvgIpc) is 3.28. The molecule has 162 valence electrons. The van der Waals surface area contributed by atoms with Gasteiger partial charge in [-0.25, -0.2) is 8.42 Å². The fourth-order valence-electron chi connectivity index (χ4n) is 4.02. The Labute approximate surface area is 179 Å². The highest BCUT2D eigenvalue weighted by molar-refractivity contribution is 7.91. The Balaban J connectivity index is 1.84. The molecule has 1 N–H and O–H groups in total. The Morgan fingerprint density at radius 1 is 1.10 bits per heavy atom. The zero-order valence-corrected chi connectivity index (χ0v) is 18.5. The molecule has 1 fully saturated rings. The third kappa shape index (κ3) is 5.02. The Morgan fingerprint density at radius 3 is 2.47 bits per heavy atom. The number of nitrogens with one attached hydrogen (secondary N) is 1. The summed E-state index contributed by atoms with van der Waals surface area (Å²) in [6.07, 6.45) is 2.75. The third-order valence-electron chi connectivity index (χ3n) is 5.47. The van der Waals surface area contributed by atoms with Gasteiger partial charge in [0.2, 0.25) is 0 Å². The molecule has 0 aliphatic carbocycles. The number of ether oxygens (including phenoxy) is 1. The van der Waals surface area contributed by atoms with Crippen LogP contribution >= 0.6 is 0 Å². The van der Waals surface area contributed by atoms with Gasteiger partial charge in [0, 0.05) is 12.1 Å². The number of hydrogen-bond acceptors (Lipinski definition) is 5. The van der Waals surface area contributed by atoms with E-state index in [9.17, 15) is 13.2 Å². The molecule has 3 rings (SSSR count). The summed E-state index contributed by atoms with van der Waals surface area (Å²) in [5, 5.41) is 2.98. The number of rotatable bonds is 9. The van der Waals surface area contributed by atoms with Crippen LogP contribution in [0.1, 0.15) is 48.1 Å². The maximum absolute atomic E-state index is 13.0. The Morgan fingerprint density at radius 2 is 1.77 bits per heavy atom. The summed E-state index contributed by atoms with van der Waals surface area (Å²) in [7, 11) is -1.85. The van der Waals surface area contributed by atoms with E-state index in [0.717, 1.165) is 37.2 Å². The topological polar surface area (TPSA) is 75.7 Å². The quantitative estimate of drug-likeness (QED) is 0.660. The van der Waals surface area contributed by atoms with Crippen LogP contribution in [0.2, 0.25) is 0 Å². The van der Waals surface area contributed by atoms with Gasteiger partial charge in [0.15, 0.2) is 9.84 Å². The standard InChI is InChI=1S/C23H30N2O4S/c1-3-16-30(27,28)22-13-7-5-11-19(22)23(26)24-17-20(25-14-8-9-15-25)18-10-4-6-12-21(18)29-2/h4-7,10-13,20H,3,8-9,14-17H2,1-2H3,(H,24,26). The molecule has 1 atom stereocenters. The van der Waals surface area contributed by atoms with Crippen LogP contribution in [-0.2, 0) is 9.84 Å². The summed E-state index contributed by atoms with van der Waals surface area (Å²) in [6, 6.07) is 14.2. The van der Waals surface area contributed by atoms with Gasteiger partial charge in [0.1, 0.15) is 5.75 Å².